The number of rotatable bonds is 0. The molecule has 2 aliphatic carbocycles. The summed E-state index contributed by atoms with van der Waals surface area (Å²) in [5.41, 5.74) is 9.86. The van der Waals surface area contributed by atoms with Crippen LogP contribution >= 0.6 is 0 Å². The first kappa shape index (κ1) is 8.49. The first-order chi connectivity index (χ1) is 6.57. The van der Waals surface area contributed by atoms with Crippen molar-refractivity contribution in [1.82, 2.24) is 0 Å². The summed E-state index contributed by atoms with van der Waals surface area (Å²) in [6.45, 7) is 4.61. The van der Waals surface area contributed by atoms with Gasteiger partial charge in [-0.2, -0.15) is 0 Å². The highest BCUT2D eigenvalue weighted by atomic mass is 15.0. The van der Waals surface area contributed by atoms with Crippen LogP contribution in [-0.2, 0) is 6.42 Å². The van der Waals surface area contributed by atoms with E-state index >= 15 is 0 Å². The van der Waals surface area contributed by atoms with Gasteiger partial charge in [0.2, 0.25) is 0 Å². The van der Waals surface area contributed by atoms with Crippen LogP contribution in [0.25, 0.3) is 0 Å². The smallest absolute Gasteiger partial charge is 0.0291 e. The van der Waals surface area contributed by atoms with Gasteiger partial charge in [0.05, 0.1) is 0 Å². The van der Waals surface area contributed by atoms with E-state index in [1.54, 1.807) is 0 Å². The molecule has 1 nitrogen and oxygen atoms in total. The van der Waals surface area contributed by atoms with Crippen LogP contribution in [0, 0.1) is 5.41 Å². The summed E-state index contributed by atoms with van der Waals surface area (Å²) in [5.74, 6) is 0.597. The molecule has 74 valence electrons. The van der Waals surface area contributed by atoms with Crippen LogP contribution in [0.2, 0.25) is 0 Å². The van der Waals surface area contributed by atoms with Crippen LogP contribution in [0.3, 0.4) is 0 Å². The molecule has 0 bridgehead atoms. The summed E-state index contributed by atoms with van der Waals surface area (Å²) in [4.78, 5) is 0. The predicted octanol–water partition coefficient (Wildman–Crippen LogP) is 2.45. The maximum absolute atomic E-state index is 6.44. The molecule has 1 heteroatoms. The Labute approximate surface area is 85.3 Å². The Hall–Kier alpha value is -0.820. The van der Waals surface area contributed by atoms with E-state index < -0.39 is 0 Å². The third-order valence-electron chi connectivity index (χ3n) is 4.53. The molecule has 0 aromatic heterocycles. The van der Waals surface area contributed by atoms with Gasteiger partial charge in [0.1, 0.15) is 0 Å². The van der Waals surface area contributed by atoms with Gasteiger partial charge in [-0.15, -0.1) is 0 Å². The second-order valence-electron chi connectivity index (χ2n) is 5.39. The average Bonchev–Trinajstić information content (AvgIpc) is 2.62. The second-order valence-corrected chi connectivity index (χ2v) is 5.39. The van der Waals surface area contributed by atoms with Gasteiger partial charge in [0, 0.05) is 11.5 Å². The minimum Gasteiger partial charge on any atom is -0.324 e. The first-order valence-corrected chi connectivity index (χ1v) is 5.44. The van der Waals surface area contributed by atoms with Crippen molar-refractivity contribution in [3.63, 3.8) is 0 Å². The van der Waals surface area contributed by atoms with Gasteiger partial charge in [0.25, 0.3) is 0 Å². The molecule has 1 fully saturated rings. The first-order valence-electron chi connectivity index (χ1n) is 5.44. The SMILES string of the molecule is CC1(C)C2c3ccccc3CCC21N. The van der Waals surface area contributed by atoms with Gasteiger partial charge in [-0.25, -0.2) is 0 Å². The summed E-state index contributed by atoms with van der Waals surface area (Å²) in [5, 5.41) is 0. The zero-order valence-electron chi connectivity index (χ0n) is 8.88. The largest absolute Gasteiger partial charge is 0.324 e. The highest BCUT2D eigenvalue weighted by Crippen LogP contribution is 2.69. The fourth-order valence-electron chi connectivity index (χ4n) is 3.40. The molecule has 0 aliphatic heterocycles. The van der Waals surface area contributed by atoms with E-state index in [0.29, 0.717) is 11.3 Å². The van der Waals surface area contributed by atoms with E-state index in [2.05, 4.69) is 38.1 Å². The molecule has 2 atom stereocenters. The van der Waals surface area contributed by atoms with Crippen LogP contribution in [-0.4, -0.2) is 5.54 Å². The molecule has 2 aliphatic rings. The van der Waals surface area contributed by atoms with Crippen LogP contribution in [0.5, 0.6) is 0 Å². The number of benzene rings is 1. The standard InChI is InChI=1S/C13H17N/c1-12(2)11-10-6-4-3-5-9(10)7-8-13(11,12)14/h3-6,11H,7-8,14H2,1-2H3. The highest BCUT2D eigenvalue weighted by Gasteiger charge is 2.70. The van der Waals surface area contributed by atoms with Crippen molar-refractivity contribution >= 4 is 0 Å². The van der Waals surface area contributed by atoms with E-state index in [1.165, 1.54) is 11.1 Å². The van der Waals surface area contributed by atoms with Gasteiger partial charge < -0.3 is 5.73 Å². The minimum absolute atomic E-state index is 0.0847. The van der Waals surface area contributed by atoms with E-state index in [1.807, 2.05) is 0 Å². The van der Waals surface area contributed by atoms with Crippen molar-refractivity contribution in [2.75, 3.05) is 0 Å². The molecule has 0 saturated heterocycles. The monoisotopic (exact) mass is 187 g/mol. The molecule has 0 amide bonds. The Bertz CT molecular complexity index is 394. The molecule has 2 unspecified atom stereocenters. The molecule has 1 aromatic carbocycles. The van der Waals surface area contributed by atoms with Crippen molar-refractivity contribution in [3.05, 3.63) is 35.4 Å². The molecule has 3 rings (SSSR count). The van der Waals surface area contributed by atoms with E-state index in [9.17, 15) is 0 Å². The Morgan fingerprint density at radius 2 is 2.00 bits per heavy atom. The summed E-state index contributed by atoms with van der Waals surface area (Å²) in [6, 6.07) is 8.79. The van der Waals surface area contributed by atoms with Crippen molar-refractivity contribution < 1.29 is 0 Å². The quantitative estimate of drug-likeness (QED) is 0.663. The number of hydrogen-bond donors (Lipinski definition) is 1. The lowest BCUT2D eigenvalue weighted by molar-refractivity contribution is 0.464. The molecule has 2 N–H and O–H groups in total. The van der Waals surface area contributed by atoms with Crippen molar-refractivity contribution in [2.45, 2.75) is 38.1 Å². The highest BCUT2D eigenvalue weighted by molar-refractivity contribution is 5.48. The summed E-state index contributed by atoms with van der Waals surface area (Å²) >= 11 is 0. The maximum atomic E-state index is 6.44. The van der Waals surface area contributed by atoms with Crippen LogP contribution < -0.4 is 5.73 Å². The van der Waals surface area contributed by atoms with E-state index in [0.717, 1.165) is 12.8 Å². The molecule has 0 radical (unpaired) electrons. The molecule has 0 heterocycles. The Balaban J connectivity index is 2.14. The van der Waals surface area contributed by atoms with Gasteiger partial charge >= 0.3 is 0 Å². The summed E-state index contributed by atoms with van der Waals surface area (Å²) in [7, 11) is 0. The third kappa shape index (κ3) is 0.755. The Kier molecular flexibility index (Phi) is 1.35. The van der Waals surface area contributed by atoms with Crippen molar-refractivity contribution in [2.24, 2.45) is 11.1 Å². The van der Waals surface area contributed by atoms with Crippen LogP contribution in [0.4, 0.5) is 0 Å². The van der Waals surface area contributed by atoms with Crippen LogP contribution in [0.1, 0.15) is 37.3 Å². The normalized spacial score (nSPS) is 37.2. The van der Waals surface area contributed by atoms with Crippen molar-refractivity contribution in [1.29, 1.82) is 0 Å². The average molecular weight is 187 g/mol. The van der Waals surface area contributed by atoms with Gasteiger partial charge in [-0.05, 0) is 29.4 Å². The lowest BCUT2D eigenvalue weighted by atomic mass is 9.89. The maximum Gasteiger partial charge on any atom is 0.0291 e. The number of hydrogen-bond acceptors (Lipinski definition) is 1. The van der Waals surface area contributed by atoms with Gasteiger partial charge in [-0.3, -0.25) is 0 Å². The van der Waals surface area contributed by atoms with Crippen LogP contribution in [0.15, 0.2) is 24.3 Å². The molecule has 0 spiro atoms. The number of aryl methyl sites for hydroxylation is 1. The Morgan fingerprint density at radius 1 is 1.29 bits per heavy atom. The van der Waals surface area contributed by atoms with Crippen molar-refractivity contribution in [3.8, 4) is 0 Å². The summed E-state index contributed by atoms with van der Waals surface area (Å²) < 4.78 is 0. The third-order valence-corrected chi connectivity index (χ3v) is 4.53. The van der Waals surface area contributed by atoms with E-state index in [4.69, 9.17) is 5.73 Å². The lowest BCUT2D eigenvalue weighted by Gasteiger charge is -2.20. The lowest BCUT2D eigenvalue weighted by Crippen LogP contribution is -2.31. The fourth-order valence-corrected chi connectivity index (χ4v) is 3.40. The number of fused-ring (bicyclic) bond motifs is 3. The molecule has 1 saturated carbocycles. The molecule has 14 heavy (non-hydrogen) atoms. The molecular formula is C13H17N. The Morgan fingerprint density at radius 3 is 2.79 bits per heavy atom. The topological polar surface area (TPSA) is 26.0 Å². The van der Waals surface area contributed by atoms with E-state index in [-0.39, 0.29) is 5.54 Å². The van der Waals surface area contributed by atoms with Gasteiger partial charge in [0.15, 0.2) is 0 Å². The fraction of sp³-hybridized carbons (Fsp3) is 0.538. The minimum atomic E-state index is 0.0847. The zero-order valence-corrected chi connectivity index (χ0v) is 8.88. The predicted molar refractivity (Wildman–Crippen MR) is 58.2 cm³/mol. The molecular weight excluding hydrogens is 170 g/mol. The summed E-state index contributed by atoms with van der Waals surface area (Å²) in [6.07, 6.45) is 2.31. The molecule has 1 aromatic rings. The van der Waals surface area contributed by atoms with Gasteiger partial charge in [-0.1, -0.05) is 38.1 Å². The number of nitrogens with two attached hydrogens (primary N) is 1. The zero-order chi connectivity index (χ0) is 9.97. The second kappa shape index (κ2) is 2.22.